The van der Waals surface area contributed by atoms with Crippen LogP contribution in [0.3, 0.4) is 0 Å². The van der Waals surface area contributed by atoms with Crippen LogP contribution in [0.1, 0.15) is 33.6 Å². The van der Waals surface area contributed by atoms with Crippen LogP contribution in [0.2, 0.25) is 0 Å². The van der Waals surface area contributed by atoms with Crippen LogP contribution in [0, 0.1) is 5.41 Å². The van der Waals surface area contributed by atoms with Crippen molar-refractivity contribution < 1.29 is 5.11 Å². The molecule has 0 aromatic carbocycles. The van der Waals surface area contributed by atoms with E-state index in [4.69, 9.17) is 5.11 Å². The molecule has 0 rings (SSSR count). The maximum atomic E-state index is 8.50. The van der Waals surface area contributed by atoms with Crippen molar-refractivity contribution in [3.8, 4) is 0 Å². The average Bonchev–Trinajstić information content (AvgIpc) is 1.94. The van der Waals surface area contributed by atoms with Crippen molar-refractivity contribution in [3.05, 3.63) is 24.3 Å². The number of unbranched alkanes of at least 4 members (excludes halogenated alkanes) is 1. The van der Waals surface area contributed by atoms with E-state index in [1.165, 1.54) is 0 Å². The van der Waals surface area contributed by atoms with Crippen LogP contribution in [0.25, 0.3) is 0 Å². The number of hydrogen-bond acceptors (Lipinski definition) is 1. The zero-order valence-electron chi connectivity index (χ0n) is 8.38. The molecule has 0 amide bonds. The second-order valence-corrected chi connectivity index (χ2v) is 4.02. The van der Waals surface area contributed by atoms with Gasteiger partial charge in [-0.3, -0.25) is 0 Å². The van der Waals surface area contributed by atoms with Gasteiger partial charge in [-0.15, -0.1) is 0 Å². The van der Waals surface area contributed by atoms with Gasteiger partial charge in [0.25, 0.3) is 0 Å². The van der Waals surface area contributed by atoms with Crippen molar-refractivity contribution >= 4 is 0 Å². The summed E-state index contributed by atoms with van der Waals surface area (Å²) in [5.74, 6) is 0. The predicted octanol–water partition coefficient (Wildman–Crippen LogP) is 2.92. The molecular formula is C11H20O. The summed E-state index contributed by atoms with van der Waals surface area (Å²) in [6, 6.07) is 0. The van der Waals surface area contributed by atoms with Crippen LogP contribution in [-0.2, 0) is 0 Å². The van der Waals surface area contributed by atoms with Crippen LogP contribution >= 0.6 is 0 Å². The fourth-order valence-corrected chi connectivity index (χ4v) is 0.728. The van der Waals surface area contributed by atoms with Crippen molar-refractivity contribution in [2.24, 2.45) is 5.41 Å². The normalized spacial score (nSPS) is 13.3. The fraction of sp³-hybridized carbons (Fsp3) is 0.636. The van der Waals surface area contributed by atoms with Crippen LogP contribution in [-0.4, -0.2) is 11.7 Å². The Balaban J connectivity index is 3.53. The van der Waals surface area contributed by atoms with Gasteiger partial charge in [0, 0.05) is 6.61 Å². The molecule has 0 fully saturated rings. The Morgan fingerprint density at radius 2 is 1.83 bits per heavy atom. The fourth-order valence-electron chi connectivity index (χ4n) is 0.728. The number of aliphatic hydroxyl groups is 1. The minimum Gasteiger partial charge on any atom is -0.396 e. The molecule has 0 saturated heterocycles. The Hall–Kier alpha value is -0.560. The van der Waals surface area contributed by atoms with Crippen molar-refractivity contribution in [2.45, 2.75) is 33.6 Å². The number of allylic oxidation sites excluding steroid dienone is 4. The summed E-state index contributed by atoms with van der Waals surface area (Å²) < 4.78 is 0. The molecule has 0 unspecified atom stereocenters. The molecule has 1 nitrogen and oxygen atoms in total. The first-order valence-corrected chi connectivity index (χ1v) is 4.51. The first-order chi connectivity index (χ1) is 5.56. The molecule has 0 atom stereocenters. The van der Waals surface area contributed by atoms with Crippen molar-refractivity contribution in [3.63, 3.8) is 0 Å². The molecular weight excluding hydrogens is 148 g/mol. The maximum absolute atomic E-state index is 8.50. The third-order valence-electron chi connectivity index (χ3n) is 1.37. The van der Waals surface area contributed by atoms with E-state index in [-0.39, 0.29) is 12.0 Å². The number of hydrogen-bond donors (Lipinski definition) is 1. The van der Waals surface area contributed by atoms with Gasteiger partial charge in [-0.05, 0) is 18.3 Å². The molecule has 1 N–H and O–H groups in total. The summed E-state index contributed by atoms with van der Waals surface area (Å²) >= 11 is 0. The Kier molecular flexibility index (Phi) is 5.73. The first kappa shape index (κ1) is 11.4. The molecule has 0 aliphatic rings. The van der Waals surface area contributed by atoms with Gasteiger partial charge < -0.3 is 5.11 Å². The lowest BCUT2D eigenvalue weighted by molar-refractivity contribution is 0.289. The number of rotatable bonds is 4. The molecule has 12 heavy (non-hydrogen) atoms. The standard InChI is InChI=1S/C11H20O/c1-11(2,3)9-7-5-4-6-8-10-12/h4-5,7,9,12H,6,8,10H2,1-3H3. The van der Waals surface area contributed by atoms with Gasteiger partial charge in [-0.1, -0.05) is 45.1 Å². The average molecular weight is 168 g/mol. The molecule has 0 heterocycles. The van der Waals surface area contributed by atoms with Gasteiger partial charge in [-0.2, -0.15) is 0 Å². The van der Waals surface area contributed by atoms with E-state index in [1.54, 1.807) is 0 Å². The van der Waals surface area contributed by atoms with E-state index in [0.717, 1.165) is 12.8 Å². The van der Waals surface area contributed by atoms with Crippen molar-refractivity contribution in [2.75, 3.05) is 6.61 Å². The zero-order chi connectivity index (χ0) is 9.45. The van der Waals surface area contributed by atoms with Crippen molar-refractivity contribution in [1.82, 2.24) is 0 Å². The highest BCUT2D eigenvalue weighted by atomic mass is 16.2. The molecule has 0 spiro atoms. The smallest absolute Gasteiger partial charge is 0.0433 e. The van der Waals surface area contributed by atoms with Gasteiger partial charge >= 0.3 is 0 Å². The predicted molar refractivity (Wildman–Crippen MR) is 54.1 cm³/mol. The summed E-state index contributed by atoms with van der Waals surface area (Å²) in [7, 11) is 0. The Labute approximate surface area is 75.8 Å². The second kappa shape index (κ2) is 6.01. The van der Waals surface area contributed by atoms with Crippen LogP contribution < -0.4 is 0 Å². The van der Waals surface area contributed by atoms with Crippen LogP contribution in [0.15, 0.2) is 24.3 Å². The van der Waals surface area contributed by atoms with Crippen LogP contribution in [0.4, 0.5) is 0 Å². The summed E-state index contributed by atoms with van der Waals surface area (Å²) in [6.45, 7) is 6.80. The molecule has 0 aromatic heterocycles. The Bertz CT molecular complexity index is 149. The molecule has 0 radical (unpaired) electrons. The highest BCUT2D eigenvalue weighted by Crippen LogP contribution is 2.14. The van der Waals surface area contributed by atoms with Gasteiger partial charge in [0.15, 0.2) is 0 Å². The van der Waals surface area contributed by atoms with Crippen LogP contribution in [0.5, 0.6) is 0 Å². The number of aliphatic hydroxyl groups excluding tert-OH is 1. The van der Waals surface area contributed by atoms with Gasteiger partial charge in [0.2, 0.25) is 0 Å². The van der Waals surface area contributed by atoms with E-state index >= 15 is 0 Å². The first-order valence-electron chi connectivity index (χ1n) is 4.51. The zero-order valence-corrected chi connectivity index (χ0v) is 8.38. The highest BCUT2D eigenvalue weighted by molar-refractivity contribution is 5.05. The van der Waals surface area contributed by atoms with Crippen molar-refractivity contribution in [1.29, 1.82) is 0 Å². The minimum absolute atomic E-state index is 0.265. The SMILES string of the molecule is CC(C)(C)C=CC=CCCCO. The Morgan fingerprint density at radius 1 is 1.17 bits per heavy atom. The largest absolute Gasteiger partial charge is 0.396 e. The van der Waals surface area contributed by atoms with E-state index in [2.05, 4.69) is 39.0 Å². The van der Waals surface area contributed by atoms with Gasteiger partial charge in [-0.25, -0.2) is 0 Å². The summed E-state index contributed by atoms with van der Waals surface area (Å²) in [5, 5.41) is 8.50. The highest BCUT2D eigenvalue weighted by Gasteiger charge is 2.01. The molecule has 0 saturated carbocycles. The Morgan fingerprint density at radius 3 is 2.33 bits per heavy atom. The molecule has 0 aliphatic carbocycles. The lowest BCUT2D eigenvalue weighted by Crippen LogP contribution is -1.97. The molecule has 0 aromatic rings. The summed E-state index contributed by atoms with van der Waals surface area (Å²) in [6.07, 6.45) is 10.2. The molecule has 1 heteroatoms. The molecule has 0 bridgehead atoms. The third kappa shape index (κ3) is 9.44. The lowest BCUT2D eigenvalue weighted by Gasteiger charge is -2.09. The van der Waals surface area contributed by atoms with Gasteiger partial charge in [0.05, 0.1) is 0 Å². The minimum atomic E-state index is 0.265. The topological polar surface area (TPSA) is 20.2 Å². The van der Waals surface area contributed by atoms with E-state index in [0.29, 0.717) is 0 Å². The summed E-state index contributed by atoms with van der Waals surface area (Å²) in [4.78, 5) is 0. The third-order valence-corrected chi connectivity index (χ3v) is 1.37. The van der Waals surface area contributed by atoms with Gasteiger partial charge in [0.1, 0.15) is 0 Å². The molecule has 0 aliphatic heterocycles. The quantitative estimate of drug-likeness (QED) is 0.505. The summed E-state index contributed by atoms with van der Waals surface area (Å²) in [5.41, 5.74) is 0.265. The van der Waals surface area contributed by atoms with E-state index in [1.807, 2.05) is 6.08 Å². The maximum Gasteiger partial charge on any atom is 0.0433 e. The lowest BCUT2D eigenvalue weighted by atomic mass is 9.96. The second-order valence-electron chi connectivity index (χ2n) is 4.02. The monoisotopic (exact) mass is 168 g/mol. The van der Waals surface area contributed by atoms with E-state index < -0.39 is 0 Å². The van der Waals surface area contributed by atoms with E-state index in [9.17, 15) is 0 Å². The molecule has 70 valence electrons.